The number of benzene rings is 1. The predicted molar refractivity (Wildman–Crippen MR) is 101 cm³/mol. The minimum Gasteiger partial charge on any atom is -0.296 e. The lowest BCUT2D eigenvalue weighted by atomic mass is 9.90. The molecule has 0 radical (unpaired) electrons. The van der Waals surface area contributed by atoms with Gasteiger partial charge in [0.2, 0.25) is 15.2 Å². The van der Waals surface area contributed by atoms with Gasteiger partial charge in [-0.25, -0.2) is 21.9 Å². The lowest BCUT2D eigenvalue weighted by Gasteiger charge is -2.18. The van der Waals surface area contributed by atoms with Crippen molar-refractivity contribution in [1.82, 2.24) is 14.9 Å². The number of aromatic nitrogens is 2. The summed E-state index contributed by atoms with van der Waals surface area (Å²) in [6.45, 7) is 3.69. The summed E-state index contributed by atoms with van der Waals surface area (Å²) in [5.41, 5.74) is -0.821. The van der Waals surface area contributed by atoms with Crippen molar-refractivity contribution in [3.8, 4) is 0 Å². The molecule has 0 spiro atoms. The smallest absolute Gasteiger partial charge is 0.260 e. The highest BCUT2D eigenvalue weighted by Crippen LogP contribution is 2.42. The summed E-state index contributed by atoms with van der Waals surface area (Å²) in [5, 5.41) is 11.3. The maximum Gasteiger partial charge on any atom is 0.260 e. The SMILES string of the molecule is CCNS(=O)(=O)c1cc(F)c(F)c(C(=O)Nc2nnc(C3(C)CCCC3)s2)c1. The first-order valence-electron chi connectivity index (χ1n) is 8.80. The summed E-state index contributed by atoms with van der Waals surface area (Å²) in [6, 6.07) is 1.33. The van der Waals surface area contributed by atoms with E-state index in [-0.39, 0.29) is 17.1 Å². The van der Waals surface area contributed by atoms with Gasteiger partial charge in [-0.15, -0.1) is 10.2 Å². The second kappa shape index (κ2) is 7.80. The Morgan fingerprint density at radius 3 is 2.57 bits per heavy atom. The lowest BCUT2D eigenvalue weighted by Crippen LogP contribution is -2.24. The van der Waals surface area contributed by atoms with Gasteiger partial charge in [0.25, 0.3) is 5.91 Å². The molecule has 7 nitrogen and oxygen atoms in total. The molecule has 0 saturated heterocycles. The molecule has 152 valence electrons. The lowest BCUT2D eigenvalue weighted by molar-refractivity contribution is 0.102. The van der Waals surface area contributed by atoms with Crippen LogP contribution in [0.1, 0.15) is 54.9 Å². The van der Waals surface area contributed by atoms with Gasteiger partial charge < -0.3 is 0 Å². The monoisotopic (exact) mass is 430 g/mol. The van der Waals surface area contributed by atoms with Gasteiger partial charge in [0, 0.05) is 12.0 Å². The standard InChI is InChI=1S/C17H20F2N4O3S2/c1-3-20-28(25,26)10-8-11(13(19)12(18)9-10)14(24)21-16-23-22-15(27-16)17(2)6-4-5-7-17/h8-9,20H,3-7H2,1-2H3,(H,21,23,24). The molecular formula is C17H20F2N4O3S2. The van der Waals surface area contributed by atoms with Crippen LogP contribution in [0.3, 0.4) is 0 Å². The van der Waals surface area contributed by atoms with Crippen LogP contribution in [0.25, 0.3) is 0 Å². The fourth-order valence-corrected chi connectivity index (χ4v) is 5.23. The summed E-state index contributed by atoms with van der Waals surface area (Å²) in [5.74, 6) is -3.86. The second-order valence-corrected chi connectivity index (χ2v) is 9.65. The van der Waals surface area contributed by atoms with Crippen molar-refractivity contribution < 1.29 is 22.0 Å². The van der Waals surface area contributed by atoms with Crippen LogP contribution in [0.5, 0.6) is 0 Å². The zero-order valence-electron chi connectivity index (χ0n) is 15.4. The molecule has 1 fully saturated rings. The maximum absolute atomic E-state index is 14.1. The van der Waals surface area contributed by atoms with Crippen LogP contribution < -0.4 is 10.0 Å². The zero-order valence-corrected chi connectivity index (χ0v) is 17.0. The van der Waals surface area contributed by atoms with Crippen LogP contribution in [0, 0.1) is 11.6 Å². The van der Waals surface area contributed by atoms with Crippen LogP contribution in [-0.2, 0) is 15.4 Å². The first kappa shape index (κ1) is 20.7. The van der Waals surface area contributed by atoms with E-state index in [1.165, 1.54) is 11.3 Å². The molecule has 1 aromatic heterocycles. The van der Waals surface area contributed by atoms with E-state index >= 15 is 0 Å². The Labute approximate surface area is 165 Å². The molecule has 2 N–H and O–H groups in total. The van der Waals surface area contributed by atoms with Gasteiger partial charge in [0.1, 0.15) is 5.01 Å². The van der Waals surface area contributed by atoms with Crippen LogP contribution >= 0.6 is 11.3 Å². The Bertz CT molecular complexity index is 1000. The average molecular weight is 431 g/mol. The van der Waals surface area contributed by atoms with Gasteiger partial charge in [-0.3, -0.25) is 10.1 Å². The predicted octanol–water partition coefficient (Wildman–Crippen LogP) is 3.20. The number of hydrogen-bond donors (Lipinski definition) is 2. The van der Waals surface area contributed by atoms with Gasteiger partial charge in [0.15, 0.2) is 11.6 Å². The zero-order chi connectivity index (χ0) is 20.5. The van der Waals surface area contributed by atoms with Gasteiger partial charge >= 0.3 is 0 Å². The number of hydrogen-bond acceptors (Lipinski definition) is 6. The number of sulfonamides is 1. The van der Waals surface area contributed by atoms with Crippen molar-refractivity contribution in [1.29, 1.82) is 0 Å². The Hall–Kier alpha value is -1.98. The first-order valence-corrected chi connectivity index (χ1v) is 11.1. The molecular weight excluding hydrogens is 410 g/mol. The van der Waals surface area contributed by atoms with Crippen LogP contribution in [0.2, 0.25) is 0 Å². The molecule has 1 heterocycles. The average Bonchev–Trinajstić information content (AvgIpc) is 3.27. The van der Waals surface area contributed by atoms with Crippen LogP contribution in [-0.4, -0.2) is 31.1 Å². The molecule has 1 aliphatic rings. The number of rotatable bonds is 6. The van der Waals surface area contributed by atoms with E-state index in [2.05, 4.69) is 27.2 Å². The summed E-state index contributed by atoms with van der Waals surface area (Å²) in [7, 11) is -4.06. The molecule has 3 rings (SSSR count). The minimum atomic E-state index is -4.06. The van der Waals surface area contributed by atoms with E-state index in [1.807, 2.05) is 0 Å². The first-order chi connectivity index (χ1) is 13.2. The van der Waals surface area contributed by atoms with Crippen molar-refractivity contribution in [2.75, 3.05) is 11.9 Å². The molecule has 28 heavy (non-hydrogen) atoms. The van der Waals surface area contributed by atoms with E-state index in [0.29, 0.717) is 6.07 Å². The Balaban J connectivity index is 1.87. The van der Waals surface area contributed by atoms with Crippen molar-refractivity contribution in [3.05, 3.63) is 34.3 Å². The fraction of sp³-hybridized carbons (Fsp3) is 0.471. The quantitative estimate of drug-likeness (QED) is 0.733. The van der Waals surface area contributed by atoms with E-state index in [1.54, 1.807) is 6.92 Å². The highest BCUT2D eigenvalue weighted by atomic mass is 32.2. The number of carbonyl (C=O) groups excluding carboxylic acids is 1. The van der Waals surface area contributed by atoms with Crippen molar-refractivity contribution >= 4 is 32.4 Å². The number of anilines is 1. The topological polar surface area (TPSA) is 101 Å². The largest absolute Gasteiger partial charge is 0.296 e. The van der Waals surface area contributed by atoms with Crippen molar-refractivity contribution in [3.63, 3.8) is 0 Å². The summed E-state index contributed by atoms with van der Waals surface area (Å²) in [4.78, 5) is 11.9. The maximum atomic E-state index is 14.1. The van der Waals surface area contributed by atoms with Gasteiger partial charge in [-0.05, 0) is 25.0 Å². The molecule has 1 saturated carbocycles. The molecule has 1 amide bonds. The Kier molecular flexibility index (Phi) is 5.78. The summed E-state index contributed by atoms with van der Waals surface area (Å²) < 4.78 is 54.3. The second-order valence-electron chi connectivity index (χ2n) is 6.90. The van der Waals surface area contributed by atoms with E-state index in [4.69, 9.17) is 0 Å². The van der Waals surface area contributed by atoms with Gasteiger partial charge in [0.05, 0.1) is 10.5 Å². The number of amides is 1. The molecule has 0 unspecified atom stereocenters. The molecule has 1 aliphatic carbocycles. The van der Waals surface area contributed by atoms with E-state index in [0.717, 1.165) is 36.8 Å². The normalized spacial score (nSPS) is 16.3. The Morgan fingerprint density at radius 2 is 1.93 bits per heavy atom. The van der Waals surface area contributed by atoms with E-state index in [9.17, 15) is 22.0 Å². The molecule has 0 atom stereocenters. The van der Waals surface area contributed by atoms with Crippen LogP contribution in [0.15, 0.2) is 17.0 Å². The van der Waals surface area contributed by atoms with Crippen molar-refractivity contribution in [2.45, 2.75) is 49.8 Å². The number of nitrogens with zero attached hydrogens (tertiary/aromatic N) is 2. The highest BCUT2D eigenvalue weighted by Gasteiger charge is 2.34. The molecule has 0 bridgehead atoms. The number of halogens is 2. The Morgan fingerprint density at radius 1 is 1.25 bits per heavy atom. The minimum absolute atomic E-state index is 0.0647. The third-order valence-electron chi connectivity index (χ3n) is 4.76. The summed E-state index contributed by atoms with van der Waals surface area (Å²) >= 11 is 1.18. The van der Waals surface area contributed by atoms with Gasteiger partial charge in [-0.2, -0.15) is 0 Å². The fourth-order valence-electron chi connectivity index (χ4n) is 3.21. The van der Waals surface area contributed by atoms with Gasteiger partial charge in [-0.1, -0.05) is 38.0 Å². The number of carbonyl (C=O) groups is 1. The summed E-state index contributed by atoms with van der Waals surface area (Å²) in [6.07, 6.45) is 4.13. The third-order valence-corrected chi connectivity index (χ3v) is 7.43. The van der Waals surface area contributed by atoms with E-state index < -0.39 is 38.0 Å². The highest BCUT2D eigenvalue weighted by molar-refractivity contribution is 7.89. The number of nitrogens with one attached hydrogen (secondary N) is 2. The third kappa shape index (κ3) is 4.06. The molecule has 1 aromatic carbocycles. The van der Waals surface area contributed by atoms with Crippen molar-refractivity contribution in [2.24, 2.45) is 0 Å². The van der Waals surface area contributed by atoms with Crippen LogP contribution in [0.4, 0.5) is 13.9 Å². The molecule has 11 heteroatoms. The molecule has 0 aliphatic heterocycles. The molecule has 2 aromatic rings.